The first kappa shape index (κ1) is 15.0. The summed E-state index contributed by atoms with van der Waals surface area (Å²) >= 11 is 0. The first-order chi connectivity index (χ1) is 8.47. The van der Waals surface area contributed by atoms with Crippen molar-refractivity contribution in [3.63, 3.8) is 0 Å². The van der Waals surface area contributed by atoms with E-state index < -0.39 is 0 Å². The lowest BCUT2D eigenvalue weighted by molar-refractivity contribution is -0.135. The van der Waals surface area contributed by atoms with Crippen molar-refractivity contribution >= 4 is 11.8 Å². The lowest BCUT2D eigenvalue weighted by atomic mass is 9.79. The third kappa shape index (κ3) is 4.31. The Bertz CT molecular complexity index is 298. The van der Waals surface area contributed by atoms with Crippen LogP contribution in [-0.4, -0.2) is 18.4 Å². The molecule has 0 heterocycles. The molecule has 4 heteroatoms. The van der Waals surface area contributed by atoms with E-state index in [1.54, 1.807) is 0 Å². The van der Waals surface area contributed by atoms with Gasteiger partial charge in [0.2, 0.25) is 11.8 Å². The highest BCUT2D eigenvalue weighted by Crippen LogP contribution is 2.36. The lowest BCUT2D eigenvalue weighted by Crippen LogP contribution is -2.43. The Morgan fingerprint density at radius 3 is 2.33 bits per heavy atom. The number of carbonyl (C=O) groups is 2. The fourth-order valence-corrected chi connectivity index (χ4v) is 2.56. The second kappa shape index (κ2) is 6.76. The molecule has 104 valence electrons. The molecular weight excluding hydrogens is 228 g/mol. The minimum Gasteiger partial charge on any atom is -0.369 e. The van der Waals surface area contributed by atoms with Gasteiger partial charge in [-0.3, -0.25) is 9.59 Å². The predicted molar refractivity (Wildman–Crippen MR) is 71.7 cm³/mol. The Hall–Kier alpha value is -1.06. The van der Waals surface area contributed by atoms with E-state index in [0.29, 0.717) is 6.54 Å². The summed E-state index contributed by atoms with van der Waals surface area (Å²) in [5.41, 5.74) is 5.50. The number of rotatable bonds is 8. The number of hydrogen-bond donors (Lipinski definition) is 2. The van der Waals surface area contributed by atoms with Gasteiger partial charge in [-0.1, -0.05) is 26.7 Å². The van der Waals surface area contributed by atoms with Gasteiger partial charge in [0.15, 0.2) is 0 Å². The number of nitrogens with one attached hydrogen (secondary N) is 1. The number of hydrogen-bond acceptors (Lipinski definition) is 2. The van der Waals surface area contributed by atoms with E-state index in [9.17, 15) is 9.59 Å². The molecule has 18 heavy (non-hydrogen) atoms. The summed E-state index contributed by atoms with van der Waals surface area (Å²) in [6.07, 6.45) is 4.30. The Morgan fingerprint density at radius 2 is 1.94 bits per heavy atom. The normalized spacial score (nSPS) is 18.4. The first-order valence-electron chi connectivity index (χ1n) is 7.04. The molecule has 0 saturated heterocycles. The van der Waals surface area contributed by atoms with Crippen LogP contribution >= 0.6 is 0 Å². The van der Waals surface area contributed by atoms with Crippen molar-refractivity contribution in [3.05, 3.63) is 0 Å². The highest BCUT2D eigenvalue weighted by Gasteiger charge is 2.35. The van der Waals surface area contributed by atoms with E-state index >= 15 is 0 Å². The standard InChI is InChI=1S/C14H26N2O2/c1-4-16-14(18)12(9(2)3)11(13(15)17)8-7-10-5-6-10/h9-12H,4-8H2,1-3H3,(H2,15,17)(H,16,18). The molecule has 0 aromatic heterocycles. The van der Waals surface area contributed by atoms with E-state index in [1.165, 1.54) is 12.8 Å². The van der Waals surface area contributed by atoms with Crippen molar-refractivity contribution in [2.75, 3.05) is 6.54 Å². The highest BCUT2D eigenvalue weighted by molar-refractivity contribution is 5.87. The van der Waals surface area contributed by atoms with Crippen molar-refractivity contribution in [3.8, 4) is 0 Å². The van der Waals surface area contributed by atoms with Gasteiger partial charge in [-0.2, -0.15) is 0 Å². The molecule has 4 nitrogen and oxygen atoms in total. The van der Waals surface area contributed by atoms with Gasteiger partial charge < -0.3 is 11.1 Å². The van der Waals surface area contributed by atoms with Gasteiger partial charge in [0.25, 0.3) is 0 Å². The maximum absolute atomic E-state index is 12.1. The van der Waals surface area contributed by atoms with Gasteiger partial charge in [0.1, 0.15) is 0 Å². The number of primary amides is 1. The van der Waals surface area contributed by atoms with Crippen molar-refractivity contribution in [1.29, 1.82) is 0 Å². The molecule has 0 aliphatic heterocycles. The summed E-state index contributed by atoms with van der Waals surface area (Å²) < 4.78 is 0. The summed E-state index contributed by atoms with van der Waals surface area (Å²) in [5.74, 6) is -0.0896. The second-order valence-electron chi connectivity index (χ2n) is 5.69. The molecule has 2 unspecified atom stereocenters. The molecule has 1 rings (SSSR count). The molecule has 0 bridgehead atoms. The van der Waals surface area contributed by atoms with Crippen LogP contribution in [0.2, 0.25) is 0 Å². The van der Waals surface area contributed by atoms with Crippen LogP contribution in [0, 0.1) is 23.7 Å². The van der Waals surface area contributed by atoms with Gasteiger partial charge in [0.05, 0.1) is 5.92 Å². The van der Waals surface area contributed by atoms with Crippen LogP contribution in [0.5, 0.6) is 0 Å². The van der Waals surface area contributed by atoms with E-state index in [4.69, 9.17) is 5.73 Å². The summed E-state index contributed by atoms with van der Waals surface area (Å²) in [6, 6.07) is 0. The van der Waals surface area contributed by atoms with Gasteiger partial charge in [-0.15, -0.1) is 0 Å². The van der Waals surface area contributed by atoms with Gasteiger partial charge in [0, 0.05) is 12.5 Å². The molecule has 1 fully saturated rings. The predicted octanol–water partition coefficient (Wildman–Crippen LogP) is 1.69. The smallest absolute Gasteiger partial charge is 0.224 e. The molecule has 3 N–H and O–H groups in total. The Labute approximate surface area is 110 Å². The van der Waals surface area contributed by atoms with Crippen molar-refractivity contribution in [2.45, 2.75) is 46.5 Å². The van der Waals surface area contributed by atoms with E-state index in [2.05, 4.69) is 5.32 Å². The summed E-state index contributed by atoms with van der Waals surface area (Å²) in [6.45, 7) is 6.44. The third-order valence-corrected chi connectivity index (χ3v) is 3.75. The number of amides is 2. The molecule has 0 aromatic rings. The highest BCUT2D eigenvalue weighted by atomic mass is 16.2. The number of nitrogens with two attached hydrogens (primary N) is 1. The zero-order chi connectivity index (χ0) is 13.7. The molecule has 2 atom stereocenters. The molecule has 1 saturated carbocycles. The molecule has 0 spiro atoms. The molecule has 1 aliphatic carbocycles. The third-order valence-electron chi connectivity index (χ3n) is 3.75. The van der Waals surface area contributed by atoms with E-state index in [0.717, 1.165) is 18.8 Å². The van der Waals surface area contributed by atoms with Gasteiger partial charge in [-0.05, 0) is 31.6 Å². The monoisotopic (exact) mass is 254 g/mol. The fourth-order valence-electron chi connectivity index (χ4n) is 2.56. The zero-order valence-electron chi connectivity index (χ0n) is 11.7. The van der Waals surface area contributed by atoms with Crippen molar-refractivity contribution in [2.24, 2.45) is 29.4 Å². The van der Waals surface area contributed by atoms with Crippen LogP contribution in [0.4, 0.5) is 0 Å². The van der Waals surface area contributed by atoms with Crippen LogP contribution in [0.25, 0.3) is 0 Å². The molecule has 2 amide bonds. The van der Waals surface area contributed by atoms with Crippen LogP contribution < -0.4 is 11.1 Å². The molecule has 0 radical (unpaired) electrons. The fraction of sp³-hybridized carbons (Fsp3) is 0.857. The first-order valence-corrected chi connectivity index (χ1v) is 7.04. The van der Waals surface area contributed by atoms with Gasteiger partial charge in [-0.25, -0.2) is 0 Å². The topological polar surface area (TPSA) is 72.2 Å². The zero-order valence-corrected chi connectivity index (χ0v) is 11.7. The molecule has 0 aromatic carbocycles. The quantitative estimate of drug-likeness (QED) is 0.692. The van der Waals surface area contributed by atoms with Gasteiger partial charge >= 0.3 is 0 Å². The van der Waals surface area contributed by atoms with Crippen LogP contribution in [0.1, 0.15) is 46.5 Å². The SMILES string of the molecule is CCNC(=O)C(C(C)C)C(CCC1CC1)C(N)=O. The Morgan fingerprint density at radius 1 is 1.33 bits per heavy atom. The van der Waals surface area contributed by atoms with Crippen LogP contribution in [-0.2, 0) is 9.59 Å². The lowest BCUT2D eigenvalue weighted by Gasteiger charge is -2.27. The largest absolute Gasteiger partial charge is 0.369 e. The molecule has 1 aliphatic rings. The summed E-state index contributed by atoms with van der Waals surface area (Å²) in [5, 5.41) is 2.82. The average Bonchev–Trinajstić information content (AvgIpc) is 3.06. The van der Waals surface area contributed by atoms with E-state index in [1.807, 2.05) is 20.8 Å². The van der Waals surface area contributed by atoms with Crippen molar-refractivity contribution < 1.29 is 9.59 Å². The minimum absolute atomic E-state index is 0.0351. The number of carbonyl (C=O) groups excluding carboxylic acids is 2. The maximum Gasteiger partial charge on any atom is 0.224 e. The van der Waals surface area contributed by atoms with Crippen molar-refractivity contribution in [1.82, 2.24) is 5.32 Å². The molecular formula is C14H26N2O2. The Balaban J connectivity index is 2.68. The second-order valence-corrected chi connectivity index (χ2v) is 5.69. The van der Waals surface area contributed by atoms with Crippen LogP contribution in [0.15, 0.2) is 0 Å². The average molecular weight is 254 g/mol. The Kier molecular flexibility index (Phi) is 5.63. The maximum atomic E-state index is 12.1. The minimum atomic E-state index is -0.333. The van der Waals surface area contributed by atoms with Crippen LogP contribution in [0.3, 0.4) is 0 Å². The summed E-state index contributed by atoms with van der Waals surface area (Å²) in [4.78, 5) is 23.7. The summed E-state index contributed by atoms with van der Waals surface area (Å²) in [7, 11) is 0. The van der Waals surface area contributed by atoms with E-state index in [-0.39, 0.29) is 29.6 Å².